The minimum atomic E-state index is -4.76. The number of alkyl halides is 3. The van der Waals surface area contributed by atoms with Crippen molar-refractivity contribution < 1.29 is 46.9 Å². The number of hydrogen-bond acceptors (Lipinski definition) is 9. The molecule has 4 aliphatic heterocycles. The summed E-state index contributed by atoms with van der Waals surface area (Å²) in [5.41, 5.74) is -1.82. The van der Waals surface area contributed by atoms with Gasteiger partial charge >= 0.3 is 12.1 Å². The summed E-state index contributed by atoms with van der Waals surface area (Å²) in [6.07, 6.45) is -1.83. The first-order valence-corrected chi connectivity index (χ1v) is 18.7. The molecular formula is C38H53F3N4O7. The van der Waals surface area contributed by atoms with Crippen LogP contribution in [0, 0.1) is 28.1 Å². The molecule has 2 aliphatic carbocycles. The zero-order valence-corrected chi connectivity index (χ0v) is 30.3. The maximum absolute atomic E-state index is 14.9. The number of aliphatic hydroxyl groups excluding tert-OH is 1. The summed E-state index contributed by atoms with van der Waals surface area (Å²) in [5, 5.41) is 13.5. The average molecular weight is 735 g/mol. The SMILES string of the molecule is C=NC(O)[C@@H]1CNCC12CN(C(=O)C1(C(F)(F)F)CC1C[C@H](CC(=O)N(CC)CCCc1ccc(C(=O)OC)cc1)OCC13CCC(CC1)OC3)C2. The van der Waals surface area contributed by atoms with E-state index in [9.17, 15) is 32.7 Å². The van der Waals surface area contributed by atoms with E-state index in [4.69, 9.17) is 14.2 Å². The molecular weight excluding hydrogens is 681 g/mol. The lowest BCUT2D eigenvalue weighted by Gasteiger charge is -2.52. The van der Waals surface area contributed by atoms with Gasteiger partial charge in [-0.25, -0.2) is 4.79 Å². The van der Waals surface area contributed by atoms with Gasteiger partial charge in [-0.3, -0.25) is 14.6 Å². The van der Waals surface area contributed by atoms with Crippen LogP contribution in [0.5, 0.6) is 0 Å². The second kappa shape index (κ2) is 15.3. The molecule has 7 rings (SSSR count). The van der Waals surface area contributed by atoms with Crippen molar-refractivity contribution in [3.63, 3.8) is 0 Å². The Kier molecular flexibility index (Phi) is 11.4. The lowest BCUT2D eigenvalue weighted by Crippen LogP contribution is -2.65. The molecule has 1 aromatic rings. The van der Waals surface area contributed by atoms with Crippen LogP contribution in [0.15, 0.2) is 29.3 Å². The van der Waals surface area contributed by atoms with Crippen LogP contribution in [0.2, 0.25) is 0 Å². The smallest absolute Gasteiger partial charge is 0.403 e. The van der Waals surface area contributed by atoms with Crippen LogP contribution < -0.4 is 5.32 Å². The van der Waals surface area contributed by atoms with E-state index in [2.05, 4.69) is 17.0 Å². The first-order valence-electron chi connectivity index (χ1n) is 18.7. The Balaban J connectivity index is 1.11. The number of aliphatic imine (C=N–C) groups is 1. The van der Waals surface area contributed by atoms with Gasteiger partial charge in [0.05, 0.1) is 44.5 Å². The van der Waals surface area contributed by atoms with E-state index in [0.29, 0.717) is 57.8 Å². The molecule has 14 heteroatoms. The lowest BCUT2D eigenvalue weighted by atomic mass is 9.70. The molecule has 2 saturated carbocycles. The monoisotopic (exact) mass is 734 g/mol. The highest BCUT2D eigenvalue weighted by molar-refractivity contribution is 5.89. The second-order valence-electron chi connectivity index (χ2n) is 15.9. The van der Waals surface area contributed by atoms with E-state index >= 15 is 0 Å². The number of aryl methyl sites for hydroxylation is 1. The zero-order valence-electron chi connectivity index (χ0n) is 30.3. The first-order chi connectivity index (χ1) is 24.8. The molecule has 6 fully saturated rings. The molecule has 0 aromatic heterocycles. The number of benzene rings is 1. The summed E-state index contributed by atoms with van der Waals surface area (Å²) in [6.45, 7) is 8.18. The molecule has 4 heterocycles. The van der Waals surface area contributed by atoms with Gasteiger partial charge in [-0.05, 0) is 88.6 Å². The van der Waals surface area contributed by atoms with E-state index < -0.39 is 47.1 Å². The molecule has 4 saturated heterocycles. The van der Waals surface area contributed by atoms with Crippen molar-refractivity contribution in [2.24, 2.45) is 33.1 Å². The quantitative estimate of drug-likeness (QED) is 0.193. The van der Waals surface area contributed by atoms with Crippen molar-refractivity contribution >= 4 is 24.5 Å². The summed E-state index contributed by atoms with van der Waals surface area (Å²) in [7, 11) is 1.33. The number of carbonyl (C=O) groups excluding carboxylic acids is 3. The minimum absolute atomic E-state index is 0.0527. The molecule has 1 aromatic carbocycles. The van der Waals surface area contributed by atoms with E-state index in [0.717, 1.165) is 31.2 Å². The molecule has 52 heavy (non-hydrogen) atoms. The number of rotatable bonds is 16. The number of fused-ring (bicyclic) bond motifs is 3. The number of methoxy groups -OCH3 is 1. The van der Waals surface area contributed by atoms with Gasteiger partial charge in [0, 0.05) is 56.0 Å². The lowest BCUT2D eigenvalue weighted by molar-refractivity contribution is -0.210. The Morgan fingerprint density at radius 1 is 1.19 bits per heavy atom. The maximum atomic E-state index is 14.9. The van der Waals surface area contributed by atoms with Gasteiger partial charge in [0.2, 0.25) is 11.8 Å². The number of nitrogens with one attached hydrogen (secondary N) is 1. The fourth-order valence-electron chi connectivity index (χ4n) is 9.20. The molecule has 2 amide bonds. The van der Waals surface area contributed by atoms with Gasteiger partial charge in [0.1, 0.15) is 11.6 Å². The summed E-state index contributed by atoms with van der Waals surface area (Å²) < 4.78 is 61.9. The van der Waals surface area contributed by atoms with Crippen LogP contribution >= 0.6 is 0 Å². The van der Waals surface area contributed by atoms with Gasteiger partial charge < -0.3 is 34.4 Å². The molecule has 2 N–H and O–H groups in total. The van der Waals surface area contributed by atoms with E-state index in [-0.39, 0.29) is 55.7 Å². The third-order valence-corrected chi connectivity index (χ3v) is 12.7. The summed E-state index contributed by atoms with van der Waals surface area (Å²) >= 11 is 0. The van der Waals surface area contributed by atoms with Crippen LogP contribution in [-0.2, 0) is 30.2 Å². The number of carbonyl (C=O) groups is 3. The molecule has 11 nitrogen and oxygen atoms in total. The fourth-order valence-corrected chi connectivity index (χ4v) is 9.20. The van der Waals surface area contributed by atoms with E-state index in [1.807, 2.05) is 19.1 Å². The van der Waals surface area contributed by atoms with Crippen molar-refractivity contribution in [1.29, 1.82) is 0 Å². The first kappa shape index (κ1) is 38.6. The average Bonchev–Trinajstić information content (AvgIpc) is 3.71. The number of esters is 1. The summed E-state index contributed by atoms with van der Waals surface area (Å²) in [4.78, 5) is 46.0. The number of halogens is 3. The number of amides is 2. The standard InChI is InChI=1S/C38H53F3N4O7/c1-4-44(15-5-6-25-7-9-26(10-8-25)33(48)50-3)31(46)17-29(52-24-35-13-11-28(12-14-35)51-23-35)16-27-18-37(27,38(39,40)41)34(49)45-21-36(22-45)20-43-19-30(36)32(47)42-2/h7-10,27-30,32,43,47H,2,4-6,11-24H2,1,3H3/t27?,28?,29-,30+,32?,35?,37?/m1/s1. The zero-order chi connectivity index (χ0) is 37.3. The van der Waals surface area contributed by atoms with Crippen molar-refractivity contribution in [3.8, 4) is 0 Å². The number of aliphatic hydroxyl groups is 1. The molecule has 0 radical (unpaired) electrons. The topological polar surface area (TPSA) is 130 Å². The van der Waals surface area contributed by atoms with Crippen LogP contribution in [0.1, 0.15) is 74.2 Å². The van der Waals surface area contributed by atoms with Gasteiger partial charge in [-0.2, -0.15) is 13.2 Å². The highest BCUT2D eigenvalue weighted by atomic mass is 19.4. The maximum Gasteiger partial charge on any atom is 0.403 e. The van der Waals surface area contributed by atoms with Gasteiger partial charge in [0.15, 0.2) is 0 Å². The normalized spacial score (nSPS) is 30.0. The Morgan fingerprint density at radius 2 is 1.90 bits per heavy atom. The van der Waals surface area contributed by atoms with Crippen molar-refractivity contribution in [1.82, 2.24) is 15.1 Å². The largest absolute Gasteiger partial charge is 0.465 e. The summed E-state index contributed by atoms with van der Waals surface area (Å²) in [5.74, 6) is -2.88. The number of likely N-dealkylation sites (tertiary alicyclic amines) is 1. The van der Waals surface area contributed by atoms with Crippen molar-refractivity contribution in [2.45, 2.75) is 89.3 Å². The Morgan fingerprint density at radius 3 is 2.50 bits per heavy atom. The second-order valence-corrected chi connectivity index (χ2v) is 15.9. The van der Waals surface area contributed by atoms with Crippen LogP contribution in [0.25, 0.3) is 0 Å². The predicted molar refractivity (Wildman–Crippen MR) is 185 cm³/mol. The Hall–Kier alpha value is -3.07. The van der Waals surface area contributed by atoms with Gasteiger partial charge in [-0.1, -0.05) is 12.1 Å². The summed E-state index contributed by atoms with van der Waals surface area (Å²) in [6, 6.07) is 7.11. The van der Waals surface area contributed by atoms with E-state index in [1.165, 1.54) is 12.0 Å². The molecule has 1 spiro atoms. The van der Waals surface area contributed by atoms with Crippen molar-refractivity contribution in [3.05, 3.63) is 35.4 Å². The number of hydrogen-bond donors (Lipinski definition) is 2. The Bertz CT molecular complexity index is 1450. The van der Waals surface area contributed by atoms with Gasteiger partial charge in [-0.15, -0.1) is 0 Å². The fraction of sp³-hybridized carbons (Fsp3) is 0.737. The number of ether oxygens (including phenoxy) is 3. The van der Waals surface area contributed by atoms with Crippen LogP contribution in [-0.4, -0.2) is 124 Å². The minimum Gasteiger partial charge on any atom is -0.465 e. The van der Waals surface area contributed by atoms with Gasteiger partial charge in [0.25, 0.3) is 0 Å². The molecule has 6 aliphatic rings. The van der Waals surface area contributed by atoms with Crippen molar-refractivity contribution in [2.75, 3.05) is 59.6 Å². The predicted octanol–water partition coefficient (Wildman–Crippen LogP) is 4.01. The van der Waals surface area contributed by atoms with Crippen LogP contribution in [0.3, 0.4) is 0 Å². The molecule has 288 valence electrons. The highest BCUT2D eigenvalue weighted by Gasteiger charge is 2.77. The molecule has 5 atom stereocenters. The molecule has 2 bridgehead atoms. The number of nitrogens with zero attached hydrogens (tertiary/aromatic N) is 3. The molecule has 3 unspecified atom stereocenters. The third-order valence-electron chi connectivity index (χ3n) is 12.7. The van der Waals surface area contributed by atoms with E-state index in [1.54, 1.807) is 17.0 Å². The third kappa shape index (κ3) is 7.63. The van der Waals surface area contributed by atoms with Crippen LogP contribution in [0.4, 0.5) is 13.2 Å². The highest BCUT2D eigenvalue weighted by Crippen LogP contribution is 2.66. The Labute approximate surface area is 303 Å².